The maximum absolute atomic E-state index is 12.8. The lowest BCUT2D eigenvalue weighted by Gasteiger charge is -2.02. The Balaban J connectivity index is 1.64. The molecule has 106 valence electrons. The molecule has 0 fully saturated rings. The lowest BCUT2D eigenvalue weighted by Crippen LogP contribution is -2.14. The zero-order valence-corrected chi connectivity index (χ0v) is 11.6. The molecule has 1 N–H and O–H groups in total. The second kappa shape index (κ2) is 5.84. The van der Waals surface area contributed by atoms with Gasteiger partial charge in [-0.3, -0.25) is 4.79 Å². The molecule has 0 aliphatic heterocycles. The predicted octanol–water partition coefficient (Wildman–Crippen LogP) is 3.12. The number of nitrogens with zero attached hydrogens (tertiary/aromatic N) is 2. The number of thiophene rings is 1. The third-order valence-electron chi connectivity index (χ3n) is 2.64. The van der Waals surface area contributed by atoms with Crippen LogP contribution in [0.3, 0.4) is 0 Å². The van der Waals surface area contributed by atoms with Gasteiger partial charge in [0.2, 0.25) is 11.8 Å². The van der Waals surface area contributed by atoms with Crippen molar-refractivity contribution in [3.8, 4) is 10.8 Å². The average Bonchev–Trinajstić information content (AvgIpc) is 3.12. The van der Waals surface area contributed by atoms with Crippen LogP contribution in [0, 0.1) is 5.82 Å². The molecule has 0 saturated heterocycles. The Hall–Kier alpha value is -2.54. The van der Waals surface area contributed by atoms with Crippen LogP contribution in [0.1, 0.15) is 5.89 Å². The number of rotatable bonds is 4. The monoisotopic (exact) mass is 303 g/mol. The number of benzene rings is 1. The van der Waals surface area contributed by atoms with Crippen LogP contribution in [-0.2, 0) is 11.2 Å². The van der Waals surface area contributed by atoms with Gasteiger partial charge in [0, 0.05) is 5.69 Å². The molecule has 0 aliphatic carbocycles. The van der Waals surface area contributed by atoms with Gasteiger partial charge in [0.05, 0.1) is 4.88 Å². The number of carbonyl (C=O) groups excluding carboxylic acids is 1. The van der Waals surface area contributed by atoms with Gasteiger partial charge < -0.3 is 9.73 Å². The van der Waals surface area contributed by atoms with Crippen LogP contribution in [0.15, 0.2) is 46.2 Å². The van der Waals surface area contributed by atoms with E-state index in [4.69, 9.17) is 4.42 Å². The van der Waals surface area contributed by atoms with E-state index in [0.717, 1.165) is 4.88 Å². The zero-order chi connectivity index (χ0) is 14.7. The summed E-state index contributed by atoms with van der Waals surface area (Å²) in [5, 5.41) is 12.3. The van der Waals surface area contributed by atoms with E-state index in [0.29, 0.717) is 11.6 Å². The molecule has 5 nitrogen and oxygen atoms in total. The highest BCUT2D eigenvalue weighted by atomic mass is 32.1. The molecule has 2 heterocycles. The van der Waals surface area contributed by atoms with Crippen LogP contribution >= 0.6 is 11.3 Å². The summed E-state index contributed by atoms with van der Waals surface area (Å²) in [6, 6.07) is 9.26. The number of hydrogen-bond acceptors (Lipinski definition) is 5. The van der Waals surface area contributed by atoms with E-state index in [1.54, 1.807) is 0 Å². The SMILES string of the molecule is O=C(Cc1nnc(-c2cccs2)o1)Nc1ccc(F)cc1. The molecule has 0 radical (unpaired) electrons. The van der Waals surface area contributed by atoms with Crippen molar-refractivity contribution in [1.82, 2.24) is 10.2 Å². The number of nitrogens with one attached hydrogen (secondary N) is 1. The number of halogens is 1. The molecule has 0 unspecified atom stereocenters. The molecule has 0 spiro atoms. The summed E-state index contributed by atoms with van der Waals surface area (Å²) in [5.41, 5.74) is 0.513. The van der Waals surface area contributed by atoms with Gasteiger partial charge in [-0.25, -0.2) is 4.39 Å². The standard InChI is InChI=1S/C14H10FN3O2S/c15-9-3-5-10(6-4-9)16-12(19)8-13-17-18-14(20-13)11-2-1-7-21-11/h1-7H,8H2,(H,16,19). The number of carbonyl (C=O) groups is 1. The van der Waals surface area contributed by atoms with Gasteiger partial charge >= 0.3 is 0 Å². The maximum Gasteiger partial charge on any atom is 0.257 e. The predicted molar refractivity (Wildman–Crippen MR) is 76.3 cm³/mol. The molecule has 0 atom stereocenters. The highest BCUT2D eigenvalue weighted by Gasteiger charge is 2.13. The van der Waals surface area contributed by atoms with Gasteiger partial charge in [0.25, 0.3) is 5.89 Å². The first kappa shape index (κ1) is 13.4. The number of hydrogen-bond donors (Lipinski definition) is 1. The summed E-state index contributed by atoms with van der Waals surface area (Å²) >= 11 is 1.48. The van der Waals surface area contributed by atoms with Gasteiger partial charge in [-0.2, -0.15) is 0 Å². The minimum Gasteiger partial charge on any atom is -0.419 e. The van der Waals surface area contributed by atoms with Crippen molar-refractivity contribution in [2.45, 2.75) is 6.42 Å². The van der Waals surface area contributed by atoms with Gasteiger partial charge in [0.1, 0.15) is 12.2 Å². The van der Waals surface area contributed by atoms with E-state index in [1.807, 2.05) is 17.5 Å². The number of anilines is 1. The van der Waals surface area contributed by atoms with Gasteiger partial charge in [-0.1, -0.05) is 6.07 Å². The summed E-state index contributed by atoms with van der Waals surface area (Å²) in [5.74, 6) is -0.0268. The summed E-state index contributed by atoms with van der Waals surface area (Å²) in [4.78, 5) is 12.7. The minimum absolute atomic E-state index is 0.0320. The quantitative estimate of drug-likeness (QED) is 0.804. The van der Waals surface area contributed by atoms with Crippen molar-refractivity contribution in [3.05, 3.63) is 53.5 Å². The molecular formula is C14H10FN3O2S. The number of amides is 1. The first-order chi connectivity index (χ1) is 10.2. The normalized spacial score (nSPS) is 10.5. The lowest BCUT2D eigenvalue weighted by molar-refractivity contribution is -0.115. The van der Waals surface area contributed by atoms with E-state index in [1.165, 1.54) is 35.6 Å². The Labute approximate surface area is 123 Å². The zero-order valence-electron chi connectivity index (χ0n) is 10.7. The highest BCUT2D eigenvalue weighted by Crippen LogP contribution is 2.23. The molecular weight excluding hydrogens is 293 g/mol. The van der Waals surface area contributed by atoms with E-state index in [2.05, 4.69) is 15.5 Å². The maximum atomic E-state index is 12.8. The first-order valence-corrected chi connectivity index (χ1v) is 7.00. The van der Waals surface area contributed by atoms with Gasteiger partial charge in [-0.15, -0.1) is 21.5 Å². The summed E-state index contributed by atoms with van der Waals surface area (Å²) in [6.07, 6.45) is -0.0320. The molecule has 2 aromatic heterocycles. The van der Waals surface area contributed by atoms with Crippen molar-refractivity contribution >= 4 is 22.9 Å². The van der Waals surface area contributed by atoms with Crippen molar-refractivity contribution in [3.63, 3.8) is 0 Å². The largest absolute Gasteiger partial charge is 0.419 e. The Kier molecular flexibility index (Phi) is 3.74. The van der Waals surface area contributed by atoms with Crippen LogP contribution < -0.4 is 5.32 Å². The molecule has 0 saturated carbocycles. The molecule has 3 aromatic rings. The third-order valence-corrected chi connectivity index (χ3v) is 3.50. The van der Waals surface area contributed by atoms with Crippen LogP contribution in [0.25, 0.3) is 10.8 Å². The Bertz CT molecular complexity index is 738. The summed E-state index contributed by atoms with van der Waals surface area (Å²) < 4.78 is 18.2. The third kappa shape index (κ3) is 3.32. The van der Waals surface area contributed by atoms with Crippen LogP contribution in [0.5, 0.6) is 0 Å². The molecule has 1 aromatic carbocycles. The van der Waals surface area contributed by atoms with Crippen LogP contribution in [0.4, 0.5) is 10.1 Å². The van der Waals surface area contributed by atoms with Gasteiger partial charge in [0.15, 0.2) is 0 Å². The van der Waals surface area contributed by atoms with Crippen molar-refractivity contribution < 1.29 is 13.6 Å². The molecule has 0 aliphatic rings. The molecule has 7 heteroatoms. The van der Waals surface area contributed by atoms with E-state index in [9.17, 15) is 9.18 Å². The number of aromatic nitrogens is 2. The minimum atomic E-state index is -0.356. The van der Waals surface area contributed by atoms with Crippen molar-refractivity contribution in [1.29, 1.82) is 0 Å². The Morgan fingerprint density at radius 3 is 2.76 bits per heavy atom. The first-order valence-electron chi connectivity index (χ1n) is 6.12. The Morgan fingerprint density at radius 1 is 1.24 bits per heavy atom. The molecule has 1 amide bonds. The van der Waals surface area contributed by atoms with Crippen LogP contribution in [0.2, 0.25) is 0 Å². The fourth-order valence-electron chi connectivity index (χ4n) is 1.70. The van der Waals surface area contributed by atoms with Gasteiger partial charge in [-0.05, 0) is 35.7 Å². The lowest BCUT2D eigenvalue weighted by atomic mass is 10.3. The van der Waals surface area contributed by atoms with Crippen molar-refractivity contribution in [2.24, 2.45) is 0 Å². The average molecular weight is 303 g/mol. The van der Waals surface area contributed by atoms with E-state index >= 15 is 0 Å². The summed E-state index contributed by atoms with van der Waals surface area (Å²) in [7, 11) is 0. The second-order valence-electron chi connectivity index (χ2n) is 4.21. The smallest absolute Gasteiger partial charge is 0.257 e. The van der Waals surface area contributed by atoms with Crippen molar-refractivity contribution in [2.75, 3.05) is 5.32 Å². The molecule has 21 heavy (non-hydrogen) atoms. The van der Waals surface area contributed by atoms with E-state index in [-0.39, 0.29) is 24.0 Å². The fraction of sp³-hybridized carbons (Fsp3) is 0.0714. The second-order valence-corrected chi connectivity index (χ2v) is 5.16. The molecule has 0 bridgehead atoms. The van der Waals surface area contributed by atoms with Crippen LogP contribution in [-0.4, -0.2) is 16.1 Å². The highest BCUT2D eigenvalue weighted by molar-refractivity contribution is 7.13. The topological polar surface area (TPSA) is 68.0 Å². The molecule has 3 rings (SSSR count). The fourth-order valence-corrected chi connectivity index (χ4v) is 2.34. The summed E-state index contributed by atoms with van der Waals surface area (Å²) in [6.45, 7) is 0. The van der Waals surface area contributed by atoms with E-state index < -0.39 is 0 Å². The Morgan fingerprint density at radius 2 is 2.05 bits per heavy atom.